The van der Waals surface area contributed by atoms with Crippen molar-refractivity contribution in [2.45, 2.75) is 26.1 Å². The van der Waals surface area contributed by atoms with Gasteiger partial charge in [0.15, 0.2) is 6.29 Å². The lowest BCUT2D eigenvalue weighted by Gasteiger charge is -2.16. The number of aromatic carboxylic acids is 2. The molecular formula is C22H18I6N2O8. The van der Waals surface area contributed by atoms with Gasteiger partial charge in [0.25, 0.3) is 0 Å². The maximum Gasteiger partial charge on any atom is 0.337 e. The standard InChI is InChI=1S/C22H18I6N2O8/c1-8(37-4-2-13(31)29-19-11(25)6-9(23)15(17(19)27)21(33)34)38-5-3-14(32)30-20-12(26)7-10(24)16(18(20)28)22(35)36/h6-8H,2-5H2,1H3,(H,29,31)(H,30,32)(H,33,34)(H,35,36). The van der Waals surface area contributed by atoms with Gasteiger partial charge in [-0.15, -0.1) is 0 Å². The van der Waals surface area contributed by atoms with Gasteiger partial charge in [-0.05, 0) is 155 Å². The molecule has 2 rings (SSSR count). The second-order valence-corrected chi connectivity index (χ2v) is 14.1. The van der Waals surface area contributed by atoms with E-state index in [-0.39, 0.29) is 49.0 Å². The summed E-state index contributed by atoms with van der Waals surface area (Å²) in [6.07, 6.45) is -0.640. The van der Waals surface area contributed by atoms with Crippen molar-refractivity contribution in [2.75, 3.05) is 23.8 Å². The molecule has 2 aromatic rings. The summed E-state index contributed by atoms with van der Waals surface area (Å²) in [5, 5.41) is 24.4. The first kappa shape index (κ1) is 34.8. The molecule has 0 aliphatic rings. The third kappa shape index (κ3) is 9.87. The number of anilines is 2. The average Bonchev–Trinajstić information content (AvgIpc) is 2.78. The molecule has 0 fully saturated rings. The predicted octanol–water partition coefficient (Wildman–Crippen LogP) is 6.45. The molecule has 0 aliphatic carbocycles. The van der Waals surface area contributed by atoms with E-state index in [9.17, 15) is 29.4 Å². The molecule has 2 amide bonds. The molecule has 0 heterocycles. The first-order chi connectivity index (χ1) is 17.7. The predicted molar refractivity (Wildman–Crippen MR) is 191 cm³/mol. The number of carbonyl (C=O) groups is 4. The first-order valence-corrected chi connectivity index (χ1v) is 16.9. The molecule has 0 unspecified atom stereocenters. The quantitative estimate of drug-likeness (QED) is 0.140. The van der Waals surface area contributed by atoms with E-state index < -0.39 is 18.2 Å². The van der Waals surface area contributed by atoms with Crippen molar-refractivity contribution < 1.29 is 38.9 Å². The van der Waals surface area contributed by atoms with Crippen LogP contribution in [0.25, 0.3) is 0 Å². The van der Waals surface area contributed by atoms with Crippen molar-refractivity contribution in [3.8, 4) is 0 Å². The highest BCUT2D eigenvalue weighted by molar-refractivity contribution is 14.1. The third-order valence-electron chi connectivity index (χ3n) is 4.66. The van der Waals surface area contributed by atoms with Crippen LogP contribution < -0.4 is 10.6 Å². The molecule has 0 spiro atoms. The highest BCUT2D eigenvalue weighted by Crippen LogP contribution is 2.33. The van der Waals surface area contributed by atoms with Crippen LogP contribution in [0.5, 0.6) is 0 Å². The van der Waals surface area contributed by atoms with Crippen LogP contribution in [0, 0.1) is 21.4 Å². The summed E-state index contributed by atoms with van der Waals surface area (Å²) in [6.45, 7) is 1.75. The SMILES string of the molecule is CC(OCCC(=O)Nc1c(I)cc(I)c(C(=O)O)c1I)OCCC(=O)Nc1c(I)cc(I)c(C(=O)O)c1I. The van der Waals surface area contributed by atoms with E-state index in [1.165, 1.54) is 0 Å². The fourth-order valence-corrected chi connectivity index (χ4v) is 11.1. The maximum absolute atomic E-state index is 12.4. The van der Waals surface area contributed by atoms with E-state index in [0.717, 1.165) is 7.14 Å². The van der Waals surface area contributed by atoms with E-state index in [1.54, 1.807) is 19.1 Å². The lowest BCUT2D eigenvalue weighted by Crippen LogP contribution is -2.22. The van der Waals surface area contributed by atoms with Gasteiger partial charge < -0.3 is 30.3 Å². The van der Waals surface area contributed by atoms with E-state index in [4.69, 9.17) is 9.47 Å². The van der Waals surface area contributed by atoms with Gasteiger partial charge in [0, 0.05) is 14.3 Å². The molecule has 0 atom stereocenters. The van der Waals surface area contributed by atoms with E-state index >= 15 is 0 Å². The number of halogens is 6. The van der Waals surface area contributed by atoms with E-state index in [2.05, 4.69) is 10.6 Å². The molecular weight excluding hydrogens is 1180 g/mol. The second-order valence-electron chi connectivity index (χ2n) is 7.32. The summed E-state index contributed by atoms with van der Waals surface area (Å²) in [6, 6.07) is 3.38. The zero-order valence-corrected chi connectivity index (χ0v) is 32.1. The van der Waals surface area contributed by atoms with E-state index in [1.807, 2.05) is 136 Å². The minimum Gasteiger partial charge on any atom is -0.478 e. The Kier molecular flexibility index (Phi) is 14.9. The monoisotopic (exact) mass is 1200 g/mol. The summed E-state index contributed by atoms with van der Waals surface area (Å²) in [5.74, 6) is -2.82. The zero-order valence-electron chi connectivity index (χ0n) is 19.2. The lowest BCUT2D eigenvalue weighted by molar-refractivity contribution is -0.140. The molecule has 0 saturated carbocycles. The molecule has 2 aromatic carbocycles. The summed E-state index contributed by atoms with van der Waals surface area (Å²) in [4.78, 5) is 47.9. The Morgan fingerprint density at radius 1 is 0.711 bits per heavy atom. The van der Waals surface area contributed by atoms with Gasteiger partial charge in [-0.25, -0.2) is 9.59 Å². The number of nitrogens with one attached hydrogen (secondary N) is 2. The van der Waals surface area contributed by atoms with Crippen LogP contribution in [-0.2, 0) is 19.1 Å². The molecule has 10 nitrogen and oxygen atoms in total. The highest BCUT2D eigenvalue weighted by atomic mass is 127. The lowest BCUT2D eigenvalue weighted by atomic mass is 10.2. The van der Waals surface area contributed by atoms with Crippen LogP contribution >= 0.6 is 136 Å². The number of carboxylic acids is 2. The van der Waals surface area contributed by atoms with Crippen molar-refractivity contribution in [3.63, 3.8) is 0 Å². The minimum atomic E-state index is -1.07. The van der Waals surface area contributed by atoms with Crippen molar-refractivity contribution >= 4 is 171 Å². The van der Waals surface area contributed by atoms with Gasteiger partial charge in [-0.2, -0.15) is 0 Å². The normalized spacial score (nSPS) is 10.9. The van der Waals surface area contributed by atoms with Gasteiger partial charge in [0.05, 0.1) is 55.7 Å². The summed E-state index contributed by atoms with van der Waals surface area (Å²) in [5.41, 5.74) is 1.16. The number of amides is 2. The smallest absolute Gasteiger partial charge is 0.337 e. The number of hydrogen-bond donors (Lipinski definition) is 4. The number of carbonyl (C=O) groups excluding carboxylic acids is 2. The Balaban J connectivity index is 1.81. The Bertz CT molecular complexity index is 1180. The van der Waals surface area contributed by atoms with Crippen LogP contribution in [0.2, 0.25) is 0 Å². The summed E-state index contributed by atoms with van der Waals surface area (Å²) in [7, 11) is 0. The Morgan fingerprint density at radius 2 is 1.05 bits per heavy atom. The largest absolute Gasteiger partial charge is 0.478 e. The number of hydrogen-bond acceptors (Lipinski definition) is 6. The zero-order chi connectivity index (χ0) is 28.7. The van der Waals surface area contributed by atoms with Crippen molar-refractivity contribution in [1.82, 2.24) is 0 Å². The Labute approximate surface area is 299 Å². The Hall–Kier alpha value is 0.620. The molecule has 4 N–H and O–H groups in total. The van der Waals surface area contributed by atoms with E-state index in [0.29, 0.717) is 25.7 Å². The van der Waals surface area contributed by atoms with Crippen molar-refractivity contribution in [1.29, 1.82) is 0 Å². The number of ether oxygens (including phenoxy) is 2. The average molecular weight is 1200 g/mol. The maximum atomic E-state index is 12.4. The fourth-order valence-electron chi connectivity index (χ4n) is 2.89. The number of carboxylic acid groups (broad SMARTS) is 2. The van der Waals surface area contributed by atoms with Crippen molar-refractivity contribution in [2.24, 2.45) is 0 Å². The number of rotatable bonds is 12. The van der Waals surface area contributed by atoms with Gasteiger partial charge in [0.1, 0.15) is 0 Å². The van der Waals surface area contributed by atoms with Crippen LogP contribution in [-0.4, -0.2) is 53.5 Å². The van der Waals surface area contributed by atoms with Crippen molar-refractivity contribution in [3.05, 3.63) is 44.7 Å². The van der Waals surface area contributed by atoms with Gasteiger partial charge in [-0.1, -0.05) is 0 Å². The molecule has 16 heteroatoms. The highest BCUT2D eigenvalue weighted by Gasteiger charge is 2.22. The van der Waals surface area contributed by atoms with Crippen LogP contribution in [0.3, 0.4) is 0 Å². The van der Waals surface area contributed by atoms with Crippen LogP contribution in [0.4, 0.5) is 11.4 Å². The molecule has 0 saturated heterocycles. The molecule has 0 bridgehead atoms. The van der Waals surface area contributed by atoms with Gasteiger partial charge in [0.2, 0.25) is 11.8 Å². The van der Waals surface area contributed by atoms with Crippen LogP contribution in [0.1, 0.15) is 40.5 Å². The van der Waals surface area contributed by atoms with Crippen LogP contribution in [0.15, 0.2) is 12.1 Å². The van der Waals surface area contributed by atoms with Gasteiger partial charge in [-0.3, -0.25) is 9.59 Å². The molecule has 0 aliphatic heterocycles. The first-order valence-electron chi connectivity index (χ1n) is 10.4. The third-order valence-corrected chi connectivity index (χ3v) is 10.2. The van der Waals surface area contributed by atoms with Gasteiger partial charge >= 0.3 is 11.9 Å². The second kappa shape index (κ2) is 16.3. The minimum absolute atomic E-state index is 0.0182. The molecule has 206 valence electrons. The Morgan fingerprint density at radius 3 is 1.37 bits per heavy atom. The topological polar surface area (TPSA) is 151 Å². The number of benzene rings is 2. The fraction of sp³-hybridized carbons (Fsp3) is 0.273. The molecule has 0 aromatic heterocycles. The molecule has 0 radical (unpaired) electrons. The molecule has 38 heavy (non-hydrogen) atoms. The summed E-state index contributed by atoms with van der Waals surface area (Å²) >= 11 is 11.8. The summed E-state index contributed by atoms with van der Waals surface area (Å²) < 4.78 is 14.5.